The molecule has 0 aromatic carbocycles. The second kappa shape index (κ2) is 6.63. The first-order valence-corrected chi connectivity index (χ1v) is 8.62. The van der Waals surface area contributed by atoms with Crippen molar-refractivity contribution in [1.82, 2.24) is 15.5 Å². The Morgan fingerprint density at radius 3 is 3.00 bits per heavy atom. The van der Waals surface area contributed by atoms with Crippen molar-refractivity contribution in [2.24, 2.45) is 0 Å². The molecule has 0 aromatic rings. The van der Waals surface area contributed by atoms with Crippen LogP contribution < -0.4 is 10.6 Å². The number of carbonyl (C=O) groups excluding carboxylic acids is 1. The maximum Gasteiger partial charge on any atom is 0.238 e. The second-order valence-electron chi connectivity index (χ2n) is 6.74. The van der Waals surface area contributed by atoms with Crippen LogP contribution in [0.4, 0.5) is 0 Å². The van der Waals surface area contributed by atoms with Gasteiger partial charge < -0.3 is 15.4 Å². The Labute approximate surface area is 127 Å². The Balaban J connectivity index is 1.69. The van der Waals surface area contributed by atoms with Gasteiger partial charge in [0.15, 0.2) is 0 Å². The standard InChI is InChI=1S/C16H29N3O2/c1-2-18-15(20)14-12-17-8-9-19(14)13-5-10-21-16(11-13)6-3-4-7-16/h13-14,17H,2-12H2,1H3,(H,18,20). The number of hydrogen-bond donors (Lipinski definition) is 2. The summed E-state index contributed by atoms with van der Waals surface area (Å²) in [5.74, 6) is 0.177. The van der Waals surface area contributed by atoms with E-state index >= 15 is 0 Å². The second-order valence-corrected chi connectivity index (χ2v) is 6.74. The summed E-state index contributed by atoms with van der Waals surface area (Å²) in [7, 11) is 0. The first-order valence-electron chi connectivity index (χ1n) is 8.62. The Kier molecular flexibility index (Phi) is 4.82. The fourth-order valence-electron chi connectivity index (χ4n) is 4.35. The number of amides is 1. The molecular formula is C16H29N3O2. The molecule has 2 saturated heterocycles. The van der Waals surface area contributed by atoms with Gasteiger partial charge in [-0.15, -0.1) is 0 Å². The van der Waals surface area contributed by atoms with Crippen LogP contribution in [0.3, 0.4) is 0 Å². The summed E-state index contributed by atoms with van der Waals surface area (Å²) in [5.41, 5.74) is 0.125. The quantitative estimate of drug-likeness (QED) is 0.812. The monoisotopic (exact) mass is 295 g/mol. The third-order valence-corrected chi connectivity index (χ3v) is 5.39. The summed E-state index contributed by atoms with van der Waals surface area (Å²) < 4.78 is 6.15. The van der Waals surface area contributed by atoms with Crippen molar-refractivity contribution in [1.29, 1.82) is 0 Å². The molecule has 3 fully saturated rings. The van der Waals surface area contributed by atoms with E-state index in [9.17, 15) is 4.79 Å². The van der Waals surface area contributed by atoms with Crippen LogP contribution in [0.5, 0.6) is 0 Å². The van der Waals surface area contributed by atoms with Gasteiger partial charge in [-0.05, 0) is 32.6 Å². The van der Waals surface area contributed by atoms with E-state index in [2.05, 4.69) is 15.5 Å². The third-order valence-electron chi connectivity index (χ3n) is 5.39. The zero-order chi connectivity index (χ0) is 14.7. The van der Waals surface area contributed by atoms with E-state index < -0.39 is 0 Å². The number of nitrogens with one attached hydrogen (secondary N) is 2. The van der Waals surface area contributed by atoms with Gasteiger partial charge in [0.1, 0.15) is 6.04 Å². The average molecular weight is 295 g/mol. The minimum absolute atomic E-state index is 0.0137. The number of rotatable bonds is 3. The fraction of sp³-hybridized carbons (Fsp3) is 0.938. The molecule has 0 aromatic heterocycles. The number of carbonyl (C=O) groups is 1. The molecule has 2 atom stereocenters. The van der Waals surface area contributed by atoms with Gasteiger partial charge in [0.05, 0.1) is 5.60 Å². The fourth-order valence-corrected chi connectivity index (χ4v) is 4.35. The van der Waals surface area contributed by atoms with Gasteiger partial charge >= 0.3 is 0 Å². The minimum Gasteiger partial charge on any atom is -0.375 e. The molecule has 120 valence electrons. The summed E-state index contributed by atoms with van der Waals surface area (Å²) in [6.07, 6.45) is 7.20. The van der Waals surface area contributed by atoms with Crippen molar-refractivity contribution < 1.29 is 9.53 Å². The smallest absolute Gasteiger partial charge is 0.238 e. The van der Waals surface area contributed by atoms with E-state index in [1.807, 2.05) is 6.92 Å². The van der Waals surface area contributed by atoms with E-state index in [0.29, 0.717) is 12.6 Å². The molecule has 1 aliphatic carbocycles. The highest BCUT2D eigenvalue weighted by molar-refractivity contribution is 5.82. The SMILES string of the molecule is CCNC(=O)C1CNCCN1C1CCOC2(CCCC2)C1. The van der Waals surface area contributed by atoms with Crippen molar-refractivity contribution in [3.63, 3.8) is 0 Å². The Morgan fingerprint density at radius 1 is 1.43 bits per heavy atom. The van der Waals surface area contributed by atoms with Gasteiger partial charge in [-0.3, -0.25) is 9.69 Å². The molecule has 0 radical (unpaired) electrons. The van der Waals surface area contributed by atoms with Crippen LogP contribution in [0.25, 0.3) is 0 Å². The maximum atomic E-state index is 12.3. The van der Waals surface area contributed by atoms with Crippen molar-refractivity contribution in [2.75, 3.05) is 32.8 Å². The highest BCUT2D eigenvalue weighted by Gasteiger charge is 2.44. The minimum atomic E-state index is -0.0137. The van der Waals surface area contributed by atoms with Crippen LogP contribution in [0, 0.1) is 0 Å². The normalized spacial score (nSPS) is 33.2. The average Bonchev–Trinajstić information content (AvgIpc) is 2.95. The molecule has 3 rings (SSSR count). The lowest BCUT2D eigenvalue weighted by Crippen LogP contribution is -2.62. The van der Waals surface area contributed by atoms with E-state index in [1.54, 1.807) is 0 Å². The molecule has 0 bridgehead atoms. The Bertz CT molecular complexity index is 369. The number of likely N-dealkylation sites (N-methyl/N-ethyl adjacent to an activating group) is 1. The predicted octanol–water partition coefficient (Wildman–Crippen LogP) is 0.888. The van der Waals surface area contributed by atoms with Crippen LogP contribution in [0.2, 0.25) is 0 Å². The first-order chi connectivity index (χ1) is 10.2. The van der Waals surface area contributed by atoms with Gasteiger partial charge in [-0.1, -0.05) is 12.8 Å². The summed E-state index contributed by atoms with van der Waals surface area (Å²) >= 11 is 0. The highest BCUT2D eigenvalue weighted by atomic mass is 16.5. The zero-order valence-corrected chi connectivity index (χ0v) is 13.2. The van der Waals surface area contributed by atoms with Crippen LogP contribution in [0.1, 0.15) is 45.4 Å². The number of piperazine rings is 1. The molecule has 2 aliphatic heterocycles. The molecule has 2 N–H and O–H groups in total. The van der Waals surface area contributed by atoms with Gasteiger partial charge in [-0.2, -0.15) is 0 Å². The molecule has 3 aliphatic rings. The van der Waals surface area contributed by atoms with Crippen molar-refractivity contribution >= 4 is 5.91 Å². The lowest BCUT2D eigenvalue weighted by Gasteiger charge is -2.47. The lowest BCUT2D eigenvalue weighted by molar-refractivity contribution is -0.135. The maximum absolute atomic E-state index is 12.3. The Morgan fingerprint density at radius 2 is 2.24 bits per heavy atom. The summed E-state index contributed by atoms with van der Waals surface area (Å²) in [6.45, 7) is 6.29. The number of hydrogen-bond acceptors (Lipinski definition) is 4. The topological polar surface area (TPSA) is 53.6 Å². The molecule has 1 spiro atoms. The van der Waals surface area contributed by atoms with Crippen molar-refractivity contribution in [2.45, 2.75) is 63.1 Å². The van der Waals surface area contributed by atoms with Crippen LogP contribution in [-0.4, -0.2) is 61.3 Å². The molecule has 1 amide bonds. The van der Waals surface area contributed by atoms with Crippen LogP contribution in [-0.2, 0) is 9.53 Å². The molecule has 2 unspecified atom stereocenters. The largest absolute Gasteiger partial charge is 0.375 e. The van der Waals surface area contributed by atoms with E-state index in [-0.39, 0.29) is 17.6 Å². The molecule has 2 heterocycles. The Hall–Kier alpha value is -0.650. The molecule has 21 heavy (non-hydrogen) atoms. The number of nitrogens with zero attached hydrogens (tertiary/aromatic N) is 1. The predicted molar refractivity (Wildman–Crippen MR) is 82.2 cm³/mol. The van der Waals surface area contributed by atoms with Gasteiger partial charge in [0, 0.05) is 38.8 Å². The van der Waals surface area contributed by atoms with Crippen LogP contribution in [0.15, 0.2) is 0 Å². The molecule has 1 saturated carbocycles. The van der Waals surface area contributed by atoms with E-state index in [1.165, 1.54) is 25.7 Å². The highest BCUT2D eigenvalue weighted by Crippen LogP contribution is 2.41. The summed E-state index contributed by atoms with van der Waals surface area (Å²) in [5, 5.41) is 6.36. The molecule has 5 heteroatoms. The van der Waals surface area contributed by atoms with E-state index in [4.69, 9.17) is 4.74 Å². The van der Waals surface area contributed by atoms with Gasteiger partial charge in [0.2, 0.25) is 5.91 Å². The molecule has 5 nitrogen and oxygen atoms in total. The summed E-state index contributed by atoms with van der Waals surface area (Å²) in [6, 6.07) is 0.492. The third kappa shape index (κ3) is 3.25. The van der Waals surface area contributed by atoms with Crippen LogP contribution >= 0.6 is 0 Å². The van der Waals surface area contributed by atoms with E-state index in [0.717, 1.165) is 39.1 Å². The van der Waals surface area contributed by atoms with Crippen molar-refractivity contribution in [3.05, 3.63) is 0 Å². The first kappa shape index (κ1) is 15.3. The summed E-state index contributed by atoms with van der Waals surface area (Å²) in [4.78, 5) is 14.8. The number of ether oxygens (including phenoxy) is 1. The van der Waals surface area contributed by atoms with Gasteiger partial charge in [0.25, 0.3) is 0 Å². The van der Waals surface area contributed by atoms with Gasteiger partial charge in [-0.25, -0.2) is 0 Å². The molecular weight excluding hydrogens is 266 g/mol. The lowest BCUT2D eigenvalue weighted by atomic mass is 9.87. The van der Waals surface area contributed by atoms with Crippen molar-refractivity contribution in [3.8, 4) is 0 Å². The zero-order valence-electron chi connectivity index (χ0n) is 13.2.